The van der Waals surface area contributed by atoms with Gasteiger partial charge in [0.15, 0.2) is 5.96 Å². The van der Waals surface area contributed by atoms with Crippen LogP contribution in [0.15, 0.2) is 52.2 Å². The predicted molar refractivity (Wildman–Crippen MR) is 171 cm³/mol. The molecule has 262 valence electrons. The summed E-state index contributed by atoms with van der Waals surface area (Å²) in [5.41, 5.74) is 16.4. The maximum absolute atomic E-state index is 13.5. The van der Waals surface area contributed by atoms with Crippen LogP contribution >= 0.6 is 0 Å². The summed E-state index contributed by atoms with van der Waals surface area (Å²) in [4.78, 5) is 85.7. The Morgan fingerprint density at radius 1 is 0.917 bits per heavy atom. The van der Waals surface area contributed by atoms with E-state index in [1.165, 1.54) is 6.26 Å². The summed E-state index contributed by atoms with van der Waals surface area (Å²) in [6.45, 7) is -2.28. The van der Waals surface area contributed by atoms with E-state index in [4.69, 9.17) is 21.6 Å². The van der Waals surface area contributed by atoms with E-state index in [2.05, 4.69) is 31.2 Å². The standard InChI is InChI=1S/C29H43N11O8/c30-23(42)14-36-24(43)15-37-28(47)22(7-3-9-35-29(31)32)38-25(44)18-40(17-21-6-4-12-48-21)27(46)19-39(10-11-41)26(45)16-33-13-20-5-1-2-8-34-20/h1-2,4-6,8,12,22,33,41H,3,7,9-11,13-19H2,(H2,30,42)(H,36,43)(H,37,47)(H,38,44)(H4,31,32,35)/t22-/m0/s1. The van der Waals surface area contributed by atoms with Crippen LogP contribution in [0.1, 0.15) is 24.3 Å². The molecule has 0 unspecified atom stereocenters. The van der Waals surface area contributed by atoms with Crippen molar-refractivity contribution in [1.82, 2.24) is 36.1 Å². The molecule has 0 saturated carbocycles. The van der Waals surface area contributed by atoms with E-state index < -0.39 is 74.3 Å². The van der Waals surface area contributed by atoms with Crippen LogP contribution in [0.4, 0.5) is 0 Å². The van der Waals surface area contributed by atoms with Gasteiger partial charge >= 0.3 is 0 Å². The number of aromatic nitrogens is 1. The van der Waals surface area contributed by atoms with Gasteiger partial charge in [0.25, 0.3) is 0 Å². The Morgan fingerprint density at radius 2 is 1.71 bits per heavy atom. The highest BCUT2D eigenvalue weighted by Gasteiger charge is 2.26. The van der Waals surface area contributed by atoms with Crippen LogP contribution in [0.3, 0.4) is 0 Å². The first-order chi connectivity index (χ1) is 23.0. The van der Waals surface area contributed by atoms with E-state index in [1.807, 2.05) is 0 Å². The third kappa shape index (κ3) is 15.6. The van der Waals surface area contributed by atoms with Gasteiger partial charge in [-0.2, -0.15) is 0 Å². The lowest BCUT2D eigenvalue weighted by Crippen LogP contribution is -2.53. The third-order valence-corrected chi connectivity index (χ3v) is 6.45. The highest BCUT2D eigenvalue weighted by atomic mass is 16.3. The van der Waals surface area contributed by atoms with Crippen molar-refractivity contribution in [2.75, 3.05) is 52.4 Å². The van der Waals surface area contributed by atoms with Gasteiger partial charge in [-0.05, 0) is 37.1 Å². The molecule has 0 aliphatic heterocycles. The number of furan rings is 1. The van der Waals surface area contributed by atoms with Gasteiger partial charge in [-0.25, -0.2) is 0 Å². The molecule has 2 aromatic heterocycles. The van der Waals surface area contributed by atoms with Gasteiger partial charge in [0, 0.05) is 25.8 Å². The van der Waals surface area contributed by atoms with Crippen LogP contribution in [-0.4, -0.2) is 120 Å². The Kier molecular flexibility index (Phi) is 17.1. The molecule has 48 heavy (non-hydrogen) atoms. The van der Waals surface area contributed by atoms with Gasteiger partial charge in [0.2, 0.25) is 35.4 Å². The first-order valence-electron chi connectivity index (χ1n) is 14.9. The number of rotatable bonds is 22. The van der Waals surface area contributed by atoms with Gasteiger partial charge in [-0.3, -0.25) is 38.7 Å². The number of nitrogens with zero attached hydrogens (tertiary/aromatic N) is 4. The molecule has 1 atom stereocenters. The van der Waals surface area contributed by atoms with Crippen LogP contribution in [0.2, 0.25) is 0 Å². The number of carbonyl (C=O) groups excluding carboxylic acids is 6. The van der Waals surface area contributed by atoms with Crippen LogP contribution in [0.25, 0.3) is 0 Å². The molecule has 0 aliphatic rings. The molecule has 19 nitrogen and oxygen atoms in total. The lowest BCUT2D eigenvalue weighted by molar-refractivity contribution is -0.143. The predicted octanol–water partition coefficient (Wildman–Crippen LogP) is -4.13. The molecule has 0 aromatic carbocycles. The highest BCUT2D eigenvalue weighted by Crippen LogP contribution is 2.08. The number of hydrogen-bond acceptors (Lipinski definition) is 11. The topological polar surface area (TPSA) is 294 Å². The molecule has 0 aliphatic carbocycles. The summed E-state index contributed by atoms with van der Waals surface area (Å²) in [6.07, 6.45) is 3.34. The number of nitrogens with one attached hydrogen (secondary N) is 4. The van der Waals surface area contributed by atoms with Crippen molar-refractivity contribution in [2.24, 2.45) is 22.2 Å². The number of guanidine groups is 1. The fourth-order valence-corrected chi connectivity index (χ4v) is 4.14. The normalized spacial score (nSPS) is 11.1. The second kappa shape index (κ2) is 21.3. The first-order valence-corrected chi connectivity index (χ1v) is 14.9. The summed E-state index contributed by atoms with van der Waals surface area (Å²) >= 11 is 0. The minimum Gasteiger partial charge on any atom is -0.467 e. The molecule has 11 N–H and O–H groups in total. The maximum atomic E-state index is 13.5. The van der Waals surface area contributed by atoms with Crippen molar-refractivity contribution in [3.8, 4) is 0 Å². The molecule has 0 radical (unpaired) electrons. The number of pyridine rings is 1. The van der Waals surface area contributed by atoms with Crippen molar-refractivity contribution in [2.45, 2.75) is 32.0 Å². The second-order valence-electron chi connectivity index (χ2n) is 10.3. The Balaban J connectivity index is 2.10. The van der Waals surface area contributed by atoms with Crippen molar-refractivity contribution in [3.05, 3.63) is 54.2 Å². The number of aliphatic hydroxyl groups excluding tert-OH is 1. The molecular formula is C29H43N11O8. The molecule has 19 heteroatoms. The number of carbonyl (C=O) groups is 6. The SMILES string of the molecule is NC(=O)CNC(=O)CNC(=O)[C@H](CCCN=C(N)N)NC(=O)CN(Cc1ccco1)C(=O)CN(CCO)C(=O)CNCc1ccccn1. The Labute approximate surface area is 276 Å². The van der Waals surface area contributed by atoms with E-state index in [0.29, 0.717) is 18.0 Å². The summed E-state index contributed by atoms with van der Waals surface area (Å²) < 4.78 is 5.36. The van der Waals surface area contributed by atoms with Crippen molar-refractivity contribution in [3.63, 3.8) is 0 Å². The van der Waals surface area contributed by atoms with Gasteiger partial charge < -0.3 is 57.8 Å². The van der Waals surface area contributed by atoms with Crippen LogP contribution in [0.5, 0.6) is 0 Å². The van der Waals surface area contributed by atoms with E-state index in [-0.39, 0.29) is 45.0 Å². The summed E-state index contributed by atoms with van der Waals surface area (Å²) in [5, 5.41) is 19.7. The molecule has 0 bridgehead atoms. The molecule has 2 rings (SSSR count). The molecule has 0 spiro atoms. The number of aliphatic imine (C=N–C) groups is 1. The molecule has 0 saturated heterocycles. The largest absolute Gasteiger partial charge is 0.467 e. The number of amides is 6. The minimum absolute atomic E-state index is 0.0632. The van der Waals surface area contributed by atoms with Gasteiger partial charge in [0.1, 0.15) is 18.3 Å². The minimum atomic E-state index is -1.16. The number of nitrogens with two attached hydrogens (primary N) is 3. The summed E-state index contributed by atoms with van der Waals surface area (Å²) in [5.74, 6) is -3.80. The van der Waals surface area contributed by atoms with Gasteiger partial charge in [0.05, 0.1) is 51.3 Å². The lowest BCUT2D eigenvalue weighted by atomic mass is 10.1. The number of primary amides is 1. The van der Waals surface area contributed by atoms with E-state index in [0.717, 1.165) is 9.80 Å². The fraction of sp³-hybridized carbons (Fsp3) is 0.448. The highest BCUT2D eigenvalue weighted by molar-refractivity contribution is 5.93. The maximum Gasteiger partial charge on any atom is 0.243 e. The molecule has 6 amide bonds. The number of hydrogen-bond donors (Lipinski definition) is 8. The first kappa shape index (κ1) is 38.6. The zero-order chi connectivity index (χ0) is 35.3. The molecule has 2 aromatic rings. The average Bonchev–Trinajstić information content (AvgIpc) is 3.57. The Bertz CT molecular complexity index is 1370. The van der Waals surface area contributed by atoms with Crippen molar-refractivity contribution >= 4 is 41.4 Å². The van der Waals surface area contributed by atoms with Crippen molar-refractivity contribution in [1.29, 1.82) is 0 Å². The smallest absolute Gasteiger partial charge is 0.243 e. The van der Waals surface area contributed by atoms with E-state index in [9.17, 15) is 33.9 Å². The third-order valence-electron chi connectivity index (χ3n) is 6.45. The van der Waals surface area contributed by atoms with E-state index in [1.54, 1.807) is 36.5 Å². The molecule has 0 fully saturated rings. The average molecular weight is 674 g/mol. The fourth-order valence-electron chi connectivity index (χ4n) is 4.14. The molecule has 2 heterocycles. The number of aliphatic hydroxyl groups is 1. The second-order valence-corrected chi connectivity index (χ2v) is 10.3. The Morgan fingerprint density at radius 3 is 2.35 bits per heavy atom. The monoisotopic (exact) mass is 673 g/mol. The van der Waals surface area contributed by atoms with Gasteiger partial charge in [-0.1, -0.05) is 6.07 Å². The molecular weight excluding hydrogens is 630 g/mol. The van der Waals surface area contributed by atoms with Gasteiger partial charge in [-0.15, -0.1) is 0 Å². The van der Waals surface area contributed by atoms with Crippen LogP contribution in [-0.2, 0) is 41.9 Å². The Hall–Kier alpha value is -5.56. The zero-order valence-corrected chi connectivity index (χ0v) is 26.4. The summed E-state index contributed by atoms with van der Waals surface area (Å²) in [7, 11) is 0. The lowest BCUT2D eigenvalue weighted by Gasteiger charge is -2.27. The van der Waals surface area contributed by atoms with E-state index >= 15 is 0 Å². The summed E-state index contributed by atoms with van der Waals surface area (Å²) in [6, 6.07) is 7.39. The van der Waals surface area contributed by atoms with Crippen LogP contribution < -0.4 is 38.5 Å². The zero-order valence-electron chi connectivity index (χ0n) is 26.4. The van der Waals surface area contributed by atoms with Crippen molar-refractivity contribution < 1.29 is 38.3 Å². The van der Waals surface area contributed by atoms with Crippen LogP contribution in [0, 0.1) is 0 Å². The quantitative estimate of drug-likeness (QED) is 0.0336.